The SMILES string of the molecule is [Cl-].[Li+].[Li+].[Mg+2].[O-][Si]([O-])([O-])O. The van der Waals surface area contributed by atoms with Crippen LogP contribution in [0.2, 0.25) is 0 Å². The zero-order valence-electron chi connectivity index (χ0n) is 5.26. The minimum Gasteiger partial charge on any atom is -1.00 e. The predicted octanol–water partition coefficient (Wildman–Crippen LogP) is -13.9. The summed E-state index contributed by atoms with van der Waals surface area (Å²) in [6.45, 7) is 0. The van der Waals surface area contributed by atoms with Crippen molar-refractivity contribution in [2.24, 2.45) is 0 Å². The van der Waals surface area contributed by atoms with Gasteiger partial charge in [-0.3, -0.25) is 0 Å². The second-order valence-electron chi connectivity index (χ2n) is 0.524. The Morgan fingerprint density at radius 2 is 1.00 bits per heavy atom. The summed E-state index contributed by atoms with van der Waals surface area (Å²) in [6, 6.07) is 0. The van der Waals surface area contributed by atoms with Crippen LogP contribution < -0.4 is 64.5 Å². The molecular formula is HClLi2MgO4Si. The van der Waals surface area contributed by atoms with Crippen LogP contribution in [0.15, 0.2) is 0 Å². The van der Waals surface area contributed by atoms with E-state index < -0.39 is 9.05 Å². The van der Waals surface area contributed by atoms with E-state index in [2.05, 4.69) is 0 Å². The summed E-state index contributed by atoms with van der Waals surface area (Å²) in [5.41, 5.74) is 0. The van der Waals surface area contributed by atoms with Gasteiger partial charge in [-0.05, 0) is 0 Å². The molecule has 9 heteroatoms. The smallest absolute Gasteiger partial charge is 1.00 e. The zero-order valence-corrected chi connectivity index (χ0v) is 8.43. The molecule has 0 aromatic carbocycles. The first-order valence-electron chi connectivity index (χ1n) is 0.836. The summed E-state index contributed by atoms with van der Waals surface area (Å²) in [5.74, 6) is 0. The first-order chi connectivity index (χ1) is 2.00. The maximum absolute atomic E-state index is 8.69. The topological polar surface area (TPSA) is 89.4 Å². The summed E-state index contributed by atoms with van der Waals surface area (Å²) in [5, 5.41) is 0. The average Bonchev–Trinajstić information content (AvgIpc) is 0.722. The van der Waals surface area contributed by atoms with Gasteiger partial charge in [0.1, 0.15) is 0 Å². The molecule has 0 spiro atoms. The molecule has 0 saturated heterocycles. The van der Waals surface area contributed by atoms with Crippen molar-refractivity contribution in [3.63, 3.8) is 0 Å². The summed E-state index contributed by atoms with van der Waals surface area (Å²) >= 11 is 0. The van der Waals surface area contributed by atoms with Gasteiger partial charge in [0.25, 0.3) is 0 Å². The maximum Gasteiger partial charge on any atom is 2.00 e. The van der Waals surface area contributed by atoms with Gasteiger partial charge in [-0.25, -0.2) is 0 Å². The maximum atomic E-state index is 8.69. The Kier molecular flexibility index (Phi) is 43.4. The molecule has 0 radical (unpaired) electrons. The standard InChI is InChI=1S/ClH.2Li.Mg.HO4Si/c;;;;1-5(2,3)4/h1H;;;;1H/q;2*+1;+2;-3/p-1. The fraction of sp³-hybridized carbons (Fsp3) is 0. The molecule has 0 aliphatic rings. The van der Waals surface area contributed by atoms with Crippen molar-refractivity contribution >= 4 is 32.1 Å². The normalized spacial score (nSPS) is 6.67. The molecule has 1 N–H and O–H groups in total. The molecule has 9 heavy (non-hydrogen) atoms. The Hall–Kier alpha value is 2.31. The third kappa shape index (κ3) is 134. The Morgan fingerprint density at radius 3 is 1.00 bits per heavy atom. The van der Waals surface area contributed by atoms with Crippen molar-refractivity contribution in [2.45, 2.75) is 0 Å². The molecule has 40 valence electrons. The Labute approximate surface area is 100 Å². The minimum absolute atomic E-state index is 0. The molecule has 0 atom stereocenters. The first-order valence-corrected chi connectivity index (χ1v) is 2.51. The monoisotopic (exact) mass is 166 g/mol. The second kappa shape index (κ2) is 12.9. The third-order valence-corrected chi connectivity index (χ3v) is 0. The van der Waals surface area contributed by atoms with Gasteiger partial charge in [0.05, 0.1) is 0 Å². The van der Waals surface area contributed by atoms with Gasteiger partial charge < -0.3 is 31.6 Å². The van der Waals surface area contributed by atoms with E-state index >= 15 is 0 Å². The molecule has 0 aromatic rings. The fourth-order valence-corrected chi connectivity index (χ4v) is 0. The number of halogens is 1. The van der Waals surface area contributed by atoms with Crippen LogP contribution in [0.5, 0.6) is 0 Å². The molecule has 0 aliphatic heterocycles. The van der Waals surface area contributed by atoms with E-state index in [4.69, 9.17) is 19.2 Å². The largest absolute Gasteiger partial charge is 2.00 e. The summed E-state index contributed by atoms with van der Waals surface area (Å²) in [7, 11) is -5.36. The van der Waals surface area contributed by atoms with E-state index in [0.29, 0.717) is 0 Å². The quantitative estimate of drug-likeness (QED) is 0.362. The molecule has 4 nitrogen and oxygen atoms in total. The summed E-state index contributed by atoms with van der Waals surface area (Å²) in [6.07, 6.45) is 0. The molecule has 0 heterocycles. The molecule has 0 aliphatic carbocycles. The van der Waals surface area contributed by atoms with Crippen LogP contribution >= 0.6 is 0 Å². The van der Waals surface area contributed by atoms with Crippen LogP contribution in [0.25, 0.3) is 0 Å². The number of hydrogen-bond donors (Lipinski definition) is 1. The first kappa shape index (κ1) is 30.2. The molecular weight excluding hydrogens is 166 g/mol. The summed E-state index contributed by atoms with van der Waals surface area (Å²) < 4.78 is 0. The Morgan fingerprint density at radius 1 is 1.00 bits per heavy atom. The zero-order chi connectivity index (χ0) is 4.50. The molecule has 0 bridgehead atoms. The van der Waals surface area contributed by atoms with Crippen molar-refractivity contribution in [1.29, 1.82) is 0 Å². The van der Waals surface area contributed by atoms with E-state index in [1.807, 2.05) is 0 Å². The van der Waals surface area contributed by atoms with E-state index in [9.17, 15) is 0 Å². The van der Waals surface area contributed by atoms with Gasteiger partial charge >= 0.3 is 60.8 Å². The molecule has 0 unspecified atom stereocenters. The van der Waals surface area contributed by atoms with Crippen LogP contribution in [0.1, 0.15) is 0 Å². The Balaban J connectivity index is -0.0000000133. The van der Waals surface area contributed by atoms with Gasteiger partial charge in [0, 0.05) is 0 Å². The summed E-state index contributed by atoms with van der Waals surface area (Å²) in [4.78, 5) is 33.1. The fourth-order valence-electron chi connectivity index (χ4n) is 0. The van der Waals surface area contributed by atoms with Crippen LogP contribution in [0.3, 0.4) is 0 Å². The van der Waals surface area contributed by atoms with Gasteiger partial charge in [-0.2, -0.15) is 0 Å². The van der Waals surface area contributed by atoms with E-state index in [0.717, 1.165) is 0 Å². The Bertz CT molecular complexity index is 34.0. The van der Waals surface area contributed by atoms with Crippen molar-refractivity contribution in [2.75, 3.05) is 0 Å². The van der Waals surface area contributed by atoms with Gasteiger partial charge in [-0.15, -0.1) is 9.05 Å². The van der Waals surface area contributed by atoms with Crippen molar-refractivity contribution in [1.82, 2.24) is 0 Å². The van der Waals surface area contributed by atoms with Crippen molar-refractivity contribution < 1.29 is 69.3 Å². The molecule has 0 fully saturated rings. The molecule has 0 aromatic heterocycles. The van der Waals surface area contributed by atoms with Gasteiger partial charge in [0.15, 0.2) is 0 Å². The van der Waals surface area contributed by atoms with Gasteiger partial charge in [0.2, 0.25) is 0 Å². The van der Waals surface area contributed by atoms with Crippen molar-refractivity contribution in [3.8, 4) is 0 Å². The number of rotatable bonds is 0. The minimum atomic E-state index is -5.36. The van der Waals surface area contributed by atoms with E-state index in [1.165, 1.54) is 0 Å². The number of hydrogen-bond acceptors (Lipinski definition) is 4. The molecule has 0 amide bonds. The van der Waals surface area contributed by atoms with Crippen LogP contribution in [0.4, 0.5) is 0 Å². The van der Waals surface area contributed by atoms with Crippen LogP contribution in [-0.4, -0.2) is 36.9 Å². The van der Waals surface area contributed by atoms with Crippen LogP contribution in [0, 0.1) is 0 Å². The van der Waals surface area contributed by atoms with E-state index in [-0.39, 0.29) is 73.2 Å². The second-order valence-corrected chi connectivity index (χ2v) is 1.57. The molecule has 0 saturated carbocycles. The van der Waals surface area contributed by atoms with Crippen molar-refractivity contribution in [3.05, 3.63) is 0 Å². The molecule has 0 rings (SSSR count). The van der Waals surface area contributed by atoms with E-state index in [1.54, 1.807) is 0 Å². The van der Waals surface area contributed by atoms with Crippen LogP contribution in [-0.2, 0) is 0 Å². The average molecular weight is 167 g/mol. The third-order valence-electron chi connectivity index (χ3n) is 0. The predicted molar refractivity (Wildman–Crippen MR) is 13.7 cm³/mol. The van der Waals surface area contributed by atoms with Gasteiger partial charge in [-0.1, -0.05) is 0 Å².